The third kappa shape index (κ3) is 3.63. The molecular weight excluding hydrogens is 260 g/mol. The molecule has 110 valence electrons. The summed E-state index contributed by atoms with van der Waals surface area (Å²) in [5.74, 6) is 0.0189. The zero-order chi connectivity index (χ0) is 15.4. The minimum absolute atomic E-state index is 0.0189. The highest BCUT2D eigenvalue weighted by molar-refractivity contribution is 5.94. The van der Waals surface area contributed by atoms with Gasteiger partial charge in [-0.3, -0.25) is 4.79 Å². The summed E-state index contributed by atoms with van der Waals surface area (Å²) in [5.41, 5.74) is 5.55. The van der Waals surface area contributed by atoms with E-state index in [9.17, 15) is 4.79 Å². The second-order valence-electron chi connectivity index (χ2n) is 5.49. The van der Waals surface area contributed by atoms with Crippen LogP contribution >= 0.6 is 0 Å². The molecule has 1 amide bonds. The van der Waals surface area contributed by atoms with Gasteiger partial charge in [0.2, 0.25) is 0 Å². The summed E-state index contributed by atoms with van der Waals surface area (Å²) in [7, 11) is 3.52. The standard InChI is InChI=1S/C18H22N2O/c1-13-7-5-9-16(14(13)2)12-19-17-10-6-8-15(11-17)18(21)20(3)4/h5-11,19H,12H2,1-4H3. The predicted molar refractivity (Wildman–Crippen MR) is 87.7 cm³/mol. The maximum Gasteiger partial charge on any atom is 0.253 e. The van der Waals surface area contributed by atoms with Crippen molar-refractivity contribution in [1.29, 1.82) is 0 Å². The van der Waals surface area contributed by atoms with Gasteiger partial charge < -0.3 is 10.2 Å². The Morgan fingerprint density at radius 3 is 2.52 bits per heavy atom. The normalized spacial score (nSPS) is 10.3. The van der Waals surface area contributed by atoms with Crippen molar-refractivity contribution in [2.45, 2.75) is 20.4 Å². The van der Waals surface area contributed by atoms with E-state index in [0.717, 1.165) is 12.2 Å². The van der Waals surface area contributed by atoms with Crippen LogP contribution < -0.4 is 5.32 Å². The van der Waals surface area contributed by atoms with Crippen molar-refractivity contribution < 1.29 is 4.79 Å². The quantitative estimate of drug-likeness (QED) is 0.929. The molecule has 0 fully saturated rings. The Morgan fingerprint density at radius 2 is 1.81 bits per heavy atom. The molecule has 0 spiro atoms. The number of carbonyl (C=O) groups excluding carboxylic acids is 1. The van der Waals surface area contributed by atoms with Gasteiger partial charge in [0.05, 0.1) is 0 Å². The second kappa shape index (κ2) is 6.44. The molecule has 0 saturated carbocycles. The van der Waals surface area contributed by atoms with Gasteiger partial charge >= 0.3 is 0 Å². The van der Waals surface area contributed by atoms with Crippen LogP contribution in [0.15, 0.2) is 42.5 Å². The summed E-state index contributed by atoms with van der Waals surface area (Å²) in [6.07, 6.45) is 0. The van der Waals surface area contributed by atoms with Gasteiger partial charge in [0.15, 0.2) is 0 Å². The minimum Gasteiger partial charge on any atom is -0.381 e. The van der Waals surface area contributed by atoms with E-state index in [4.69, 9.17) is 0 Å². The first-order valence-corrected chi connectivity index (χ1v) is 7.09. The molecule has 2 aromatic rings. The van der Waals surface area contributed by atoms with Crippen LogP contribution in [-0.4, -0.2) is 24.9 Å². The molecule has 0 radical (unpaired) electrons. The van der Waals surface area contributed by atoms with E-state index >= 15 is 0 Å². The molecule has 2 aromatic carbocycles. The number of hydrogen-bond donors (Lipinski definition) is 1. The van der Waals surface area contributed by atoms with Gasteiger partial charge in [0.25, 0.3) is 5.91 Å². The molecular formula is C18H22N2O. The van der Waals surface area contributed by atoms with E-state index in [1.807, 2.05) is 24.3 Å². The van der Waals surface area contributed by atoms with Gasteiger partial charge in [-0.2, -0.15) is 0 Å². The fourth-order valence-corrected chi connectivity index (χ4v) is 2.22. The van der Waals surface area contributed by atoms with Crippen LogP contribution in [0.25, 0.3) is 0 Å². The molecule has 2 rings (SSSR count). The Kier molecular flexibility index (Phi) is 4.63. The van der Waals surface area contributed by atoms with Gasteiger partial charge in [-0.05, 0) is 48.7 Å². The van der Waals surface area contributed by atoms with Gasteiger partial charge in [0, 0.05) is 31.9 Å². The van der Waals surface area contributed by atoms with Crippen LogP contribution in [0.1, 0.15) is 27.0 Å². The van der Waals surface area contributed by atoms with Crippen molar-refractivity contribution >= 4 is 11.6 Å². The summed E-state index contributed by atoms with van der Waals surface area (Å²) in [5, 5.41) is 3.39. The average molecular weight is 282 g/mol. The van der Waals surface area contributed by atoms with E-state index < -0.39 is 0 Å². The Bertz CT molecular complexity index is 647. The van der Waals surface area contributed by atoms with Crippen molar-refractivity contribution in [3.05, 3.63) is 64.7 Å². The fraction of sp³-hybridized carbons (Fsp3) is 0.278. The number of hydrogen-bond acceptors (Lipinski definition) is 2. The van der Waals surface area contributed by atoms with Crippen molar-refractivity contribution in [3.8, 4) is 0 Å². The third-order valence-corrected chi connectivity index (χ3v) is 3.72. The van der Waals surface area contributed by atoms with Crippen LogP contribution in [0, 0.1) is 13.8 Å². The highest BCUT2D eigenvalue weighted by atomic mass is 16.2. The van der Waals surface area contributed by atoms with Crippen LogP contribution in [0.5, 0.6) is 0 Å². The lowest BCUT2D eigenvalue weighted by Gasteiger charge is -2.13. The molecule has 0 heterocycles. The van der Waals surface area contributed by atoms with Crippen LogP contribution in [0.3, 0.4) is 0 Å². The molecule has 3 nitrogen and oxygen atoms in total. The Labute approximate surface area is 126 Å². The first kappa shape index (κ1) is 15.1. The summed E-state index contributed by atoms with van der Waals surface area (Å²) >= 11 is 0. The second-order valence-corrected chi connectivity index (χ2v) is 5.49. The number of nitrogens with zero attached hydrogens (tertiary/aromatic N) is 1. The zero-order valence-electron chi connectivity index (χ0n) is 13.1. The lowest BCUT2D eigenvalue weighted by molar-refractivity contribution is 0.0827. The van der Waals surface area contributed by atoms with Crippen molar-refractivity contribution in [1.82, 2.24) is 4.90 Å². The number of anilines is 1. The molecule has 0 aliphatic heterocycles. The Morgan fingerprint density at radius 1 is 1.10 bits per heavy atom. The smallest absolute Gasteiger partial charge is 0.253 e. The van der Waals surface area contributed by atoms with E-state index in [-0.39, 0.29) is 5.91 Å². The SMILES string of the molecule is Cc1cccc(CNc2cccc(C(=O)N(C)C)c2)c1C. The lowest BCUT2D eigenvalue weighted by Crippen LogP contribution is -2.21. The number of benzene rings is 2. The number of amides is 1. The highest BCUT2D eigenvalue weighted by Gasteiger charge is 2.08. The molecule has 1 N–H and O–H groups in total. The van der Waals surface area contributed by atoms with E-state index in [0.29, 0.717) is 5.56 Å². The minimum atomic E-state index is 0.0189. The molecule has 0 aliphatic rings. The third-order valence-electron chi connectivity index (χ3n) is 3.72. The molecule has 21 heavy (non-hydrogen) atoms. The predicted octanol–water partition coefficient (Wildman–Crippen LogP) is 3.62. The molecule has 0 unspecified atom stereocenters. The molecule has 0 aliphatic carbocycles. The number of aryl methyl sites for hydroxylation is 1. The largest absolute Gasteiger partial charge is 0.381 e. The van der Waals surface area contributed by atoms with E-state index in [1.165, 1.54) is 16.7 Å². The monoisotopic (exact) mass is 282 g/mol. The molecule has 0 bridgehead atoms. The summed E-state index contributed by atoms with van der Waals surface area (Å²) in [4.78, 5) is 13.6. The van der Waals surface area contributed by atoms with Crippen LogP contribution in [0.2, 0.25) is 0 Å². The van der Waals surface area contributed by atoms with Gasteiger partial charge in [-0.1, -0.05) is 24.3 Å². The first-order valence-electron chi connectivity index (χ1n) is 7.09. The van der Waals surface area contributed by atoms with Gasteiger partial charge in [-0.15, -0.1) is 0 Å². The first-order chi connectivity index (χ1) is 9.99. The van der Waals surface area contributed by atoms with E-state index in [2.05, 4.69) is 37.4 Å². The Hall–Kier alpha value is -2.29. The number of rotatable bonds is 4. The summed E-state index contributed by atoms with van der Waals surface area (Å²) in [6.45, 7) is 5.01. The van der Waals surface area contributed by atoms with Crippen LogP contribution in [0.4, 0.5) is 5.69 Å². The summed E-state index contributed by atoms with van der Waals surface area (Å²) < 4.78 is 0. The highest BCUT2D eigenvalue weighted by Crippen LogP contribution is 2.16. The summed E-state index contributed by atoms with van der Waals surface area (Å²) in [6, 6.07) is 13.9. The van der Waals surface area contributed by atoms with E-state index in [1.54, 1.807) is 19.0 Å². The zero-order valence-corrected chi connectivity index (χ0v) is 13.1. The van der Waals surface area contributed by atoms with Crippen molar-refractivity contribution in [2.24, 2.45) is 0 Å². The van der Waals surface area contributed by atoms with Gasteiger partial charge in [0.1, 0.15) is 0 Å². The Balaban J connectivity index is 2.12. The van der Waals surface area contributed by atoms with Crippen molar-refractivity contribution in [3.63, 3.8) is 0 Å². The topological polar surface area (TPSA) is 32.3 Å². The maximum atomic E-state index is 12.0. The molecule has 0 atom stereocenters. The van der Waals surface area contributed by atoms with Crippen molar-refractivity contribution in [2.75, 3.05) is 19.4 Å². The van der Waals surface area contributed by atoms with Gasteiger partial charge in [-0.25, -0.2) is 0 Å². The fourth-order valence-electron chi connectivity index (χ4n) is 2.22. The molecule has 0 saturated heterocycles. The number of carbonyl (C=O) groups is 1. The van der Waals surface area contributed by atoms with Crippen LogP contribution in [-0.2, 0) is 6.54 Å². The lowest BCUT2D eigenvalue weighted by atomic mass is 10.0. The maximum absolute atomic E-state index is 12.0. The number of nitrogens with one attached hydrogen (secondary N) is 1. The molecule has 0 aromatic heterocycles. The average Bonchev–Trinajstić information content (AvgIpc) is 2.48. The molecule has 3 heteroatoms.